The molecule has 0 aromatic heterocycles. The van der Waals surface area contributed by atoms with Crippen LogP contribution in [0.5, 0.6) is 5.75 Å². The number of hydrogen-bond acceptors (Lipinski definition) is 3. The van der Waals surface area contributed by atoms with Crippen LogP contribution in [0.25, 0.3) is 0 Å². The van der Waals surface area contributed by atoms with Crippen LogP contribution in [0.1, 0.15) is 36.8 Å². The van der Waals surface area contributed by atoms with Gasteiger partial charge in [0, 0.05) is 6.54 Å². The summed E-state index contributed by atoms with van der Waals surface area (Å²) in [4.78, 5) is 0. The van der Waals surface area contributed by atoms with Crippen molar-refractivity contribution in [2.75, 3.05) is 13.7 Å². The maximum Gasteiger partial charge on any atom is 0.136 e. The first kappa shape index (κ1) is 12.9. The number of nitriles is 1. The van der Waals surface area contributed by atoms with Gasteiger partial charge in [-0.2, -0.15) is 5.26 Å². The van der Waals surface area contributed by atoms with Gasteiger partial charge in [0.1, 0.15) is 11.8 Å². The second-order valence-electron chi connectivity index (χ2n) is 4.91. The molecule has 3 heteroatoms. The largest absolute Gasteiger partial charge is 0.495 e. The van der Waals surface area contributed by atoms with Crippen molar-refractivity contribution in [2.45, 2.75) is 32.2 Å². The lowest BCUT2D eigenvalue weighted by Gasteiger charge is -2.25. The zero-order valence-electron chi connectivity index (χ0n) is 10.9. The molecular weight excluding hydrogens is 224 g/mol. The topological polar surface area (TPSA) is 45.0 Å². The third-order valence-corrected chi connectivity index (χ3v) is 3.67. The van der Waals surface area contributed by atoms with Gasteiger partial charge in [0.2, 0.25) is 0 Å². The van der Waals surface area contributed by atoms with E-state index in [0.717, 1.165) is 19.0 Å². The van der Waals surface area contributed by atoms with E-state index in [-0.39, 0.29) is 0 Å². The van der Waals surface area contributed by atoms with Crippen molar-refractivity contribution in [1.82, 2.24) is 5.32 Å². The summed E-state index contributed by atoms with van der Waals surface area (Å²) in [6.07, 6.45) is 5.52. The van der Waals surface area contributed by atoms with Crippen LogP contribution in [0.2, 0.25) is 0 Å². The summed E-state index contributed by atoms with van der Waals surface area (Å²) in [5.74, 6) is 1.61. The number of benzene rings is 1. The van der Waals surface area contributed by atoms with Gasteiger partial charge in [-0.25, -0.2) is 0 Å². The first-order chi connectivity index (χ1) is 8.83. The van der Waals surface area contributed by atoms with E-state index in [2.05, 4.69) is 11.4 Å². The fraction of sp³-hybridized carbons (Fsp3) is 0.533. The van der Waals surface area contributed by atoms with Crippen LogP contribution in [0.3, 0.4) is 0 Å². The maximum atomic E-state index is 8.90. The predicted molar refractivity (Wildman–Crippen MR) is 71.4 cm³/mol. The van der Waals surface area contributed by atoms with Crippen LogP contribution in [0.15, 0.2) is 18.2 Å². The predicted octanol–water partition coefficient (Wildman–Crippen LogP) is 2.85. The number of hydrogen-bond donors (Lipinski definition) is 1. The van der Waals surface area contributed by atoms with Gasteiger partial charge in [-0.05, 0) is 36.6 Å². The molecule has 0 unspecified atom stereocenters. The lowest BCUT2D eigenvalue weighted by atomic mass is 9.83. The number of ether oxygens (including phenoxy) is 1. The van der Waals surface area contributed by atoms with E-state index in [0.29, 0.717) is 11.3 Å². The van der Waals surface area contributed by atoms with Gasteiger partial charge in [-0.15, -0.1) is 0 Å². The van der Waals surface area contributed by atoms with Crippen LogP contribution in [0.4, 0.5) is 0 Å². The Kier molecular flexibility index (Phi) is 4.60. The van der Waals surface area contributed by atoms with Crippen molar-refractivity contribution < 1.29 is 4.74 Å². The molecular formula is C15H20N2O. The molecule has 96 valence electrons. The van der Waals surface area contributed by atoms with E-state index >= 15 is 0 Å². The molecule has 0 saturated heterocycles. The van der Waals surface area contributed by atoms with Crippen LogP contribution in [-0.4, -0.2) is 13.7 Å². The quantitative estimate of drug-likeness (QED) is 0.783. The molecule has 1 aromatic rings. The van der Waals surface area contributed by atoms with E-state index in [1.54, 1.807) is 7.11 Å². The highest BCUT2D eigenvalue weighted by Gasteiger charge is 2.16. The standard InChI is InChI=1S/C15H20N2O/c1-18-15-9-13(5-6-14(15)10-16)11-17-8-7-12-3-2-4-12/h5-6,9,12,17H,2-4,7-8,11H2,1H3. The van der Waals surface area contributed by atoms with E-state index < -0.39 is 0 Å². The highest BCUT2D eigenvalue weighted by atomic mass is 16.5. The van der Waals surface area contributed by atoms with Crippen LogP contribution in [0, 0.1) is 17.2 Å². The van der Waals surface area contributed by atoms with E-state index in [4.69, 9.17) is 10.00 Å². The Bertz CT molecular complexity index is 433. The summed E-state index contributed by atoms with van der Waals surface area (Å²) in [7, 11) is 1.60. The molecule has 0 radical (unpaired) electrons. The second-order valence-corrected chi connectivity index (χ2v) is 4.91. The molecule has 0 bridgehead atoms. The average Bonchev–Trinajstić information content (AvgIpc) is 2.36. The van der Waals surface area contributed by atoms with Crippen molar-refractivity contribution in [3.8, 4) is 11.8 Å². The van der Waals surface area contributed by atoms with Crippen LogP contribution >= 0.6 is 0 Å². The van der Waals surface area contributed by atoms with Gasteiger partial charge >= 0.3 is 0 Å². The Morgan fingerprint density at radius 3 is 2.89 bits per heavy atom. The first-order valence-electron chi connectivity index (χ1n) is 6.61. The molecule has 1 N–H and O–H groups in total. The van der Waals surface area contributed by atoms with Crippen LogP contribution < -0.4 is 10.1 Å². The molecule has 1 fully saturated rings. The lowest BCUT2D eigenvalue weighted by Crippen LogP contribution is -2.21. The second kappa shape index (κ2) is 6.42. The number of nitrogens with zero attached hydrogens (tertiary/aromatic N) is 1. The molecule has 1 aliphatic carbocycles. The molecule has 1 saturated carbocycles. The fourth-order valence-corrected chi connectivity index (χ4v) is 2.26. The first-order valence-corrected chi connectivity index (χ1v) is 6.61. The van der Waals surface area contributed by atoms with E-state index in [9.17, 15) is 0 Å². The van der Waals surface area contributed by atoms with Gasteiger partial charge in [-0.1, -0.05) is 25.3 Å². The number of nitrogens with one attached hydrogen (secondary N) is 1. The fourth-order valence-electron chi connectivity index (χ4n) is 2.26. The number of rotatable bonds is 6. The lowest BCUT2D eigenvalue weighted by molar-refractivity contribution is 0.292. The Labute approximate surface area is 109 Å². The minimum atomic E-state index is 0.593. The Balaban J connectivity index is 1.79. The summed E-state index contributed by atoms with van der Waals surface area (Å²) in [5.41, 5.74) is 1.76. The highest BCUT2D eigenvalue weighted by molar-refractivity contribution is 5.45. The Morgan fingerprint density at radius 2 is 2.28 bits per heavy atom. The monoisotopic (exact) mass is 244 g/mol. The molecule has 0 spiro atoms. The normalized spacial score (nSPS) is 14.9. The molecule has 1 aromatic carbocycles. The zero-order chi connectivity index (χ0) is 12.8. The molecule has 1 aliphatic rings. The van der Waals surface area contributed by atoms with Gasteiger partial charge in [0.25, 0.3) is 0 Å². The average molecular weight is 244 g/mol. The van der Waals surface area contributed by atoms with Gasteiger partial charge in [0.15, 0.2) is 0 Å². The Morgan fingerprint density at radius 1 is 1.44 bits per heavy atom. The zero-order valence-corrected chi connectivity index (χ0v) is 10.9. The summed E-state index contributed by atoms with van der Waals surface area (Å²) in [5, 5.41) is 12.4. The molecule has 0 amide bonds. The maximum absolute atomic E-state index is 8.90. The van der Waals surface area contributed by atoms with Gasteiger partial charge in [-0.3, -0.25) is 0 Å². The molecule has 0 aliphatic heterocycles. The van der Waals surface area contributed by atoms with Gasteiger partial charge < -0.3 is 10.1 Å². The summed E-state index contributed by atoms with van der Waals surface area (Å²) >= 11 is 0. The Hall–Kier alpha value is -1.53. The highest BCUT2D eigenvalue weighted by Crippen LogP contribution is 2.28. The van der Waals surface area contributed by atoms with Crippen LogP contribution in [-0.2, 0) is 6.54 Å². The molecule has 2 rings (SSSR count). The molecule has 0 heterocycles. The summed E-state index contributed by atoms with van der Waals surface area (Å²) in [6.45, 7) is 1.92. The van der Waals surface area contributed by atoms with E-state index in [1.807, 2.05) is 18.2 Å². The van der Waals surface area contributed by atoms with Crippen molar-refractivity contribution in [3.05, 3.63) is 29.3 Å². The van der Waals surface area contributed by atoms with Crippen molar-refractivity contribution in [1.29, 1.82) is 5.26 Å². The third-order valence-electron chi connectivity index (χ3n) is 3.67. The van der Waals surface area contributed by atoms with E-state index in [1.165, 1.54) is 31.2 Å². The van der Waals surface area contributed by atoms with Crippen molar-refractivity contribution >= 4 is 0 Å². The SMILES string of the molecule is COc1cc(CNCCC2CCC2)ccc1C#N. The van der Waals surface area contributed by atoms with Crippen molar-refractivity contribution in [3.63, 3.8) is 0 Å². The molecule has 18 heavy (non-hydrogen) atoms. The summed E-state index contributed by atoms with van der Waals surface area (Å²) in [6, 6.07) is 7.87. The minimum Gasteiger partial charge on any atom is -0.495 e. The smallest absolute Gasteiger partial charge is 0.136 e. The summed E-state index contributed by atoms with van der Waals surface area (Å²) < 4.78 is 5.20. The molecule has 3 nitrogen and oxygen atoms in total. The number of methoxy groups -OCH3 is 1. The molecule has 0 atom stereocenters. The van der Waals surface area contributed by atoms with Crippen molar-refractivity contribution in [2.24, 2.45) is 5.92 Å². The van der Waals surface area contributed by atoms with Gasteiger partial charge in [0.05, 0.1) is 12.7 Å². The third kappa shape index (κ3) is 3.24. The minimum absolute atomic E-state index is 0.593.